The van der Waals surface area contributed by atoms with E-state index >= 15 is 0 Å². The van der Waals surface area contributed by atoms with Crippen molar-refractivity contribution in [2.24, 2.45) is 0 Å². The second kappa shape index (κ2) is 5.04. The van der Waals surface area contributed by atoms with Crippen molar-refractivity contribution in [3.63, 3.8) is 0 Å². The van der Waals surface area contributed by atoms with Crippen LogP contribution in [-0.2, 0) is 21.2 Å². The Morgan fingerprint density at radius 3 is 2.53 bits per heavy atom. The first-order valence-electron chi connectivity index (χ1n) is 5.81. The highest BCUT2D eigenvalue weighted by molar-refractivity contribution is 7.91. The monoisotopic (exact) mass is 285 g/mol. The van der Waals surface area contributed by atoms with Crippen LogP contribution < -0.4 is 11.3 Å². The van der Waals surface area contributed by atoms with Gasteiger partial charge in [0.2, 0.25) is 5.91 Å². The van der Waals surface area contributed by atoms with Crippen LogP contribution >= 0.6 is 0 Å². The largest absolute Gasteiger partial charge is 0.398 e. The average molecular weight is 285 g/mol. The van der Waals surface area contributed by atoms with E-state index in [9.17, 15) is 18.0 Å². The number of anilines is 1. The number of carbonyl (C=O) groups is 1. The summed E-state index contributed by atoms with van der Waals surface area (Å²) in [5, 5.41) is 0. The van der Waals surface area contributed by atoms with Crippen molar-refractivity contribution in [2.45, 2.75) is 6.54 Å². The van der Waals surface area contributed by atoms with E-state index in [1.54, 1.807) is 0 Å². The lowest BCUT2D eigenvalue weighted by atomic mass is 10.4. The first-order chi connectivity index (χ1) is 8.87. The molecule has 1 saturated heterocycles. The molecule has 2 N–H and O–H groups in total. The fourth-order valence-corrected chi connectivity index (χ4v) is 3.08. The Labute approximate surface area is 110 Å². The highest BCUT2D eigenvalue weighted by atomic mass is 32.2. The zero-order valence-corrected chi connectivity index (χ0v) is 11.1. The lowest BCUT2D eigenvalue weighted by Crippen LogP contribution is -2.45. The van der Waals surface area contributed by atoms with E-state index in [2.05, 4.69) is 0 Å². The van der Waals surface area contributed by atoms with Gasteiger partial charge in [-0.15, -0.1) is 0 Å². The highest BCUT2D eigenvalue weighted by Gasteiger charge is 2.25. The first kappa shape index (κ1) is 13.6. The van der Waals surface area contributed by atoms with Crippen molar-refractivity contribution in [3.8, 4) is 0 Å². The Morgan fingerprint density at radius 2 is 1.89 bits per heavy atom. The lowest BCUT2D eigenvalue weighted by Gasteiger charge is -2.26. The Bertz CT molecular complexity index is 636. The molecule has 0 atom stereocenters. The third kappa shape index (κ3) is 3.34. The first-order valence-corrected chi connectivity index (χ1v) is 7.64. The van der Waals surface area contributed by atoms with Crippen molar-refractivity contribution in [3.05, 3.63) is 28.7 Å². The van der Waals surface area contributed by atoms with Crippen LogP contribution in [0.3, 0.4) is 0 Å². The normalized spacial score (nSPS) is 18.2. The second-order valence-electron chi connectivity index (χ2n) is 4.46. The maximum atomic E-state index is 12.0. The van der Waals surface area contributed by atoms with Crippen molar-refractivity contribution >= 4 is 21.4 Å². The molecule has 1 fully saturated rings. The van der Waals surface area contributed by atoms with Crippen LogP contribution in [0.4, 0.5) is 5.69 Å². The van der Waals surface area contributed by atoms with Crippen LogP contribution in [-0.4, -0.2) is 48.4 Å². The van der Waals surface area contributed by atoms with Crippen molar-refractivity contribution in [1.29, 1.82) is 0 Å². The maximum Gasteiger partial charge on any atom is 0.251 e. The van der Waals surface area contributed by atoms with E-state index in [0.29, 0.717) is 5.69 Å². The molecule has 0 radical (unpaired) electrons. The van der Waals surface area contributed by atoms with Gasteiger partial charge in [0.1, 0.15) is 6.54 Å². The van der Waals surface area contributed by atoms with Gasteiger partial charge in [-0.3, -0.25) is 9.59 Å². The minimum Gasteiger partial charge on any atom is -0.398 e. The van der Waals surface area contributed by atoms with Gasteiger partial charge in [-0.05, 0) is 6.07 Å². The molecule has 7 nitrogen and oxygen atoms in total. The van der Waals surface area contributed by atoms with E-state index in [-0.39, 0.29) is 42.6 Å². The minimum absolute atomic E-state index is 0.0232. The number of nitrogens with two attached hydrogens (primary N) is 1. The van der Waals surface area contributed by atoms with Gasteiger partial charge in [-0.2, -0.15) is 0 Å². The van der Waals surface area contributed by atoms with E-state index < -0.39 is 9.84 Å². The molecule has 2 heterocycles. The molecule has 8 heteroatoms. The smallest absolute Gasteiger partial charge is 0.251 e. The number of amides is 1. The quantitative estimate of drug-likeness (QED) is 0.726. The molecule has 1 aliphatic heterocycles. The Kier molecular flexibility index (Phi) is 3.61. The number of carbonyl (C=O) groups excluding carboxylic acids is 1. The number of nitrogens with zero attached hydrogens (tertiary/aromatic N) is 2. The van der Waals surface area contributed by atoms with Gasteiger partial charge in [-0.1, -0.05) is 0 Å². The summed E-state index contributed by atoms with van der Waals surface area (Å²) in [5.41, 5.74) is 5.64. The van der Waals surface area contributed by atoms with Gasteiger partial charge in [0.05, 0.1) is 11.5 Å². The van der Waals surface area contributed by atoms with Gasteiger partial charge in [-0.25, -0.2) is 8.42 Å². The van der Waals surface area contributed by atoms with Crippen molar-refractivity contribution in [1.82, 2.24) is 9.47 Å². The summed E-state index contributed by atoms with van der Waals surface area (Å²) in [6.07, 6.45) is 1.40. The molecule has 0 saturated carbocycles. The number of aromatic nitrogens is 1. The predicted molar refractivity (Wildman–Crippen MR) is 70.3 cm³/mol. The summed E-state index contributed by atoms with van der Waals surface area (Å²) in [5.74, 6) is -0.322. The van der Waals surface area contributed by atoms with Crippen LogP contribution in [0.5, 0.6) is 0 Å². The predicted octanol–water partition coefficient (Wildman–Crippen LogP) is -1.31. The molecule has 1 aromatic rings. The molecular formula is C11H15N3O4S. The summed E-state index contributed by atoms with van der Waals surface area (Å²) >= 11 is 0. The number of hydrogen-bond acceptors (Lipinski definition) is 5. The Morgan fingerprint density at radius 1 is 1.26 bits per heavy atom. The molecule has 0 aliphatic carbocycles. The SMILES string of the molecule is Nc1ccc(=O)n(CC(=O)N2CCS(=O)(=O)CC2)c1. The van der Waals surface area contributed by atoms with Crippen molar-refractivity contribution < 1.29 is 13.2 Å². The molecule has 1 aromatic heterocycles. The van der Waals surface area contributed by atoms with Crippen LogP contribution in [0.25, 0.3) is 0 Å². The zero-order chi connectivity index (χ0) is 14.0. The molecule has 19 heavy (non-hydrogen) atoms. The third-order valence-corrected chi connectivity index (χ3v) is 4.62. The van der Waals surface area contributed by atoms with Gasteiger partial charge in [0, 0.05) is 31.0 Å². The minimum atomic E-state index is -3.02. The van der Waals surface area contributed by atoms with E-state index in [0.717, 1.165) is 0 Å². The molecule has 0 unspecified atom stereocenters. The van der Waals surface area contributed by atoms with Crippen LogP contribution in [0.15, 0.2) is 23.1 Å². The van der Waals surface area contributed by atoms with Crippen LogP contribution in [0, 0.1) is 0 Å². The van der Waals surface area contributed by atoms with Crippen LogP contribution in [0.2, 0.25) is 0 Å². The summed E-state index contributed by atoms with van der Waals surface area (Å²) in [6, 6.07) is 2.76. The molecule has 2 rings (SSSR count). The fraction of sp³-hybridized carbons (Fsp3) is 0.455. The zero-order valence-electron chi connectivity index (χ0n) is 10.3. The average Bonchev–Trinajstić information content (AvgIpc) is 2.33. The lowest BCUT2D eigenvalue weighted by molar-refractivity contribution is -0.131. The number of hydrogen-bond donors (Lipinski definition) is 1. The number of pyridine rings is 1. The topological polar surface area (TPSA) is 102 Å². The van der Waals surface area contributed by atoms with Crippen LogP contribution in [0.1, 0.15) is 0 Å². The second-order valence-corrected chi connectivity index (χ2v) is 6.76. The molecule has 1 aliphatic rings. The molecule has 104 valence electrons. The molecular weight excluding hydrogens is 270 g/mol. The molecule has 0 aromatic carbocycles. The Balaban J connectivity index is 2.06. The summed E-state index contributed by atoms with van der Waals surface area (Å²) in [7, 11) is -3.02. The Hall–Kier alpha value is -1.83. The van der Waals surface area contributed by atoms with E-state index in [1.807, 2.05) is 0 Å². The van der Waals surface area contributed by atoms with Gasteiger partial charge >= 0.3 is 0 Å². The highest BCUT2D eigenvalue weighted by Crippen LogP contribution is 2.05. The number of rotatable bonds is 2. The number of nitrogen functional groups attached to an aromatic ring is 1. The van der Waals surface area contributed by atoms with Gasteiger partial charge in [0.15, 0.2) is 9.84 Å². The molecule has 0 bridgehead atoms. The third-order valence-electron chi connectivity index (χ3n) is 3.01. The van der Waals surface area contributed by atoms with Gasteiger partial charge < -0.3 is 15.2 Å². The van der Waals surface area contributed by atoms with Crippen molar-refractivity contribution in [2.75, 3.05) is 30.3 Å². The standard InChI is InChI=1S/C11H15N3O4S/c12-9-1-2-10(15)14(7-9)8-11(16)13-3-5-19(17,18)6-4-13/h1-2,7H,3-6,8,12H2. The summed E-state index contributed by atoms with van der Waals surface area (Å²) in [6.45, 7) is 0.236. The summed E-state index contributed by atoms with van der Waals surface area (Å²) in [4.78, 5) is 25.0. The fourth-order valence-electron chi connectivity index (χ4n) is 1.88. The molecule has 1 amide bonds. The molecule has 0 spiro atoms. The maximum absolute atomic E-state index is 12.0. The van der Waals surface area contributed by atoms with Gasteiger partial charge in [0.25, 0.3) is 5.56 Å². The number of sulfone groups is 1. The summed E-state index contributed by atoms with van der Waals surface area (Å²) < 4.78 is 23.8. The van der Waals surface area contributed by atoms with E-state index in [1.165, 1.54) is 27.8 Å². The van der Waals surface area contributed by atoms with E-state index in [4.69, 9.17) is 5.73 Å².